The van der Waals surface area contributed by atoms with Crippen LogP contribution in [0.15, 0.2) is 42.9 Å². The van der Waals surface area contributed by atoms with Gasteiger partial charge >= 0.3 is 0 Å². The second-order valence-electron chi connectivity index (χ2n) is 3.65. The summed E-state index contributed by atoms with van der Waals surface area (Å²) >= 11 is 0. The third kappa shape index (κ3) is 3.26. The van der Waals surface area contributed by atoms with E-state index in [-0.39, 0.29) is 0 Å². The fourth-order valence-corrected chi connectivity index (χ4v) is 1.55. The van der Waals surface area contributed by atoms with Crippen LogP contribution < -0.4 is 10.5 Å². The third-order valence-corrected chi connectivity index (χ3v) is 2.38. The summed E-state index contributed by atoms with van der Waals surface area (Å²) in [6.45, 7) is 0.680. The van der Waals surface area contributed by atoms with Crippen molar-refractivity contribution in [2.45, 2.75) is 12.8 Å². The summed E-state index contributed by atoms with van der Waals surface area (Å²) < 4.78 is 5.69. The minimum absolute atomic E-state index is 0.507. The van der Waals surface area contributed by atoms with E-state index < -0.39 is 0 Å². The largest absolute Gasteiger partial charge is 0.437 e. The quantitative estimate of drug-likeness (QED) is 0.853. The van der Waals surface area contributed by atoms with Crippen LogP contribution in [0.1, 0.15) is 12.0 Å². The van der Waals surface area contributed by atoms with Crippen LogP contribution in [0.25, 0.3) is 0 Å². The van der Waals surface area contributed by atoms with Crippen molar-refractivity contribution in [3.63, 3.8) is 0 Å². The Hall–Kier alpha value is -1.94. The Labute approximate surface area is 100 Å². The van der Waals surface area contributed by atoms with Crippen molar-refractivity contribution >= 4 is 0 Å². The maximum absolute atomic E-state index is 5.69. The molecule has 0 aliphatic heterocycles. The van der Waals surface area contributed by atoms with Crippen LogP contribution in [0.5, 0.6) is 11.6 Å². The van der Waals surface area contributed by atoms with Crippen LogP contribution in [0.4, 0.5) is 0 Å². The highest BCUT2D eigenvalue weighted by Crippen LogP contribution is 2.23. The summed E-state index contributed by atoms with van der Waals surface area (Å²) in [4.78, 5) is 8.05. The molecule has 0 bridgehead atoms. The maximum atomic E-state index is 5.69. The average molecular weight is 229 g/mol. The smallest absolute Gasteiger partial charge is 0.237 e. The molecule has 0 unspecified atom stereocenters. The molecule has 0 radical (unpaired) electrons. The lowest BCUT2D eigenvalue weighted by Crippen LogP contribution is -2.01. The number of aryl methyl sites for hydroxylation is 1. The topological polar surface area (TPSA) is 61.0 Å². The number of hydrogen-bond acceptors (Lipinski definition) is 4. The van der Waals surface area contributed by atoms with E-state index in [1.165, 1.54) is 0 Å². The molecule has 88 valence electrons. The van der Waals surface area contributed by atoms with E-state index in [9.17, 15) is 0 Å². The van der Waals surface area contributed by atoms with Crippen molar-refractivity contribution in [1.82, 2.24) is 9.97 Å². The van der Waals surface area contributed by atoms with Gasteiger partial charge in [0, 0.05) is 12.4 Å². The molecule has 0 saturated heterocycles. The molecule has 2 N–H and O–H groups in total. The molecular weight excluding hydrogens is 214 g/mol. The molecule has 2 rings (SSSR count). The molecule has 4 heteroatoms. The van der Waals surface area contributed by atoms with Crippen LogP contribution >= 0.6 is 0 Å². The lowest BCUT2D eigenvalue weighted by molar-refractivity contribution is 0.453. The van der Waals surface area contributed by atoms with Crippen molar-refractivity contribution in [2.24, 2.45) is 5.73 Å². The van der Waals surface area contributed by atoms with Gasteiger partial charge in [-0.3, -0.25) is 4.98 Å². The molecule has 1 aromatic carbocycles. The highest BCUT2D eigenvalue weighted by Gasteiger charge is 2.04. The fourth-order valence-electron chi connectivity index (χ4n) is 1.55. The molecule has 4 nitrogen and oxygen atoms in total. The number of ether oxygens (including phenoxy) is 1. The molecule has 0 saturated carbocycles. The molecule has 0 aliphatic carbocycles. The van der Waals surface area contributed by atoms with Crippen molar-refractivity contribution in [3.05, 3.63) is 48.4 Å². The Morgan fingerprint density at radius 2 is 2.06 bits per heavy atom. The summed E-state index contributed by atoms with van der Waals surface area (Å²) in [5.74, 6) is 1.33. The Kier molecular flexibility index (Phi) is 4.05. The van der Waals surface area contributed by atoms with Gasteiger partial charge in [0.1, 0.15) is 5.75 Å². The number of benzene rings is 1. The Morgan fingerprint density at radius 3 is 2.82 bits per heavy atom. The van der Waals surface area contributed by atoms with Crippen molar-refractivity contribution < 1.29 is 4.74 Å². The van der Waals surface area contributed by atoms with Gasteiger partial charge in [0.15, 0.2) is 0 Å². The van der Waals surface area contributed by atoms with E-state index >= 15 is 0 Å². The molecule has 0 amide bonds. The van der Waals surface area contributed by atoms with Crippen molar-refractivity contribution in [2.75, 3.05) is 6.54 Å². The summed E-state index contributed by atoms with van der Waals surface area (Å²) in [5, 5.41) is 0. The van der Waals surface area contributed by atoms with Crippen LogP contribution in [0.2, 0.25) is 0 Å². The normalized spacial score (nSPS) is 10.2. The first-order valence-corrected chi connectivity index (χ1v) is 5.62. The standard InChI is InChI=1S/C13H15N3O/c14-7-3-5-11-4-1-2-6-12(11)17-13-10-15-8-9-16-13/h1-2,4,6,8-10H,3,5,7,14H2. The van der Waals surface area contributed by atoms with Crippen LogP contribution in [0.3, 0.4) is 0 Å². The Bertz CT molecular complexity index is 459. The first-order valence-electron chi connectivity index (χ1n) is 5.62. The van der Waals surface area contributed by atoms with Crippen LogP contribution in [-0.4, -0.2) is 16.5 Å². The van der Waals surface area contributed by atoms with Crippen LogP contribution in [0, 0.1) is 0 Å². The number of nitrogens with zero attached hydrogens (tertiary/aromatic N) is 2. The number of nitrogens with two attached hydrogens (primary N) is 1. The SMILES string of the molecule is NCCCc1ccccc1Oc1cnccn1. The van der Waals surface area contributed by atoms with Crippen LogP contribution in [-0.2, 0) is 6.42 Å². The third-order valence-electron chi connectivity index (χ3n) is 2.38. The second-order valence-corrected chi connectivity index (χ2v) is 3.65. The summed E-state index contributed by atoms with van der Waals surface area (Å²) in [7, 11) is 0. The zero-order chi connectivity index (χ0) is 11.9. The molecule has 0 fully saturated rings. The zero-order valence-electron chi connectivity index (χ0n) is 9.54. The number of hydrogen-bond donors (Lipinski definition) is 1. The van der Waals surface area contributed by atoms with Gasteiger partial charge in [-0.1, -0.05) is 18.2 Å². The van der Waals surface area contributed by atoms with Gasteiger partial charge in [0.05, 0.1) is 6.20 Å². The molecule has 0 aliphatic rings. The highest BCUT2D eigenvalue weighted by molar-refractivity contribution is 5.35. The van der Waals surface area contributed by atoms with Gasteiger partial charge < -0.3 is 10.5 Å². The second kappa shape index (κ2) is 5.96. The summed E-state index contributed by atoms with van der Waals surface area (Å²) in [6, 6.07) is 7.91. The van der Waals surface area contributed by atoms with E-state index in [4.69, 9.17) is 10.5 Å². The van der Waals surface area contributed by atoms with Gasteiger partial charge in [0.25, 0.3) is 0 Å². The van der Waals surface area contributed by atoms with Crippen molar-refractivity contribution in [1.29, 1.82) is 0 Å². The number of para-hydroxylation sites is 1. The average Bonchev–Trinajstić information content (AvgIpc) is 2.39. The predicted octanol–water partition coefficient (Wildman–Crippen LogP) is 2.16. The molecular formula is C13H15N3O. The van der Waals surface area contributed by atoms with E-state index in [0.29, 0.717) is 12.4 Å². The van der Waals surface area contributed by atoms with E-state index in [1.54, 1.807) is 18.6 Å². The van der Waals surface area contributed by atoms with Gasteiger partial charge in [-0.15, -0.1) is 0 Å². The van der Waals surface area contributed by atoms with Gasteiger partial charge in [-0.25, -0.2) is 4.98 Å². The fraction of sp³-hybridized carbons (Fsp3) is 0.231. The first-order chi connectivity index (χ1) is 8.40. The summed E-state index contributed by atoms with van der Waals surface area (Å²) in [5.41, 5.74) is 6.66. The zero-order valence-corrected chi connectivity index (χ0v) is 9.54. The van der Waals surface area contributed by atoms with Gasteiger partial charge in [0.2, 0.25) is 5.88 Å². The van der Waals surface area contributed by atoms with E-state index in [1.807, 2.05) is 24.3 Å². The first kappa shape index (κ1) is 11.5. The minimum Gasteiger partial charge on any atom is -0.437 e. The molecule has 1 aromatic heterocycles. The highest BCUT2D eigenvalue weighted by atomic mass is 16.5. The lowest BCUT2D eigenvalue weighted by Gasteiger charge is -2.09. The predicted molar refractivity (Wildman–Crippen MR) is 65.9 cm³/mol. The monoisotopic (exact) mass is 229 g/mol. The van der Waals surface area contributed by atoms with Crippen molar-refractivity contribution in [3.8, 4) is 11.6 Å². The molecule has 17 heavy (non-hydrogen) atoms. The Morgan fingerprint density at radius 1 is 1.18 bits per heavy atom. The molecule has 2 aromatic rings. The number of rotatable bonds is 5. The lowest BCUT2D eigenvalue weighted by atomic mass is 10.1. The maximum Gasteiger partial charge on any atom is 0.237 e. The Balaban J connectivity index is 2.15. The number of aromatic nitrogens is 2. The van der Waals surface area contributed by atoms with Gasteiger partial charge in [-0.05, 0) is 31.0 Å². The van der Waals surface area contributed by atoms with E-state index in [0.717, 1.165) is 24.2 Å². The molecule has 1 heterocycles. The van der Waals surface area contributed by atoms with E-state index in [2.05, 4.69) is 9.97 Å². The molecule has 0 atom stereocenters. The summed E-state index contributed by atoms with van der Waals surface area (Å²) in [6.07, 6.45) is 6.68. The van der Waals surface area contributed by atoms with Gasteiger partial charge in [-0.2, -0.15) is 0 Å². The molecule has 0 spiro atoms. The minimum atomic E-state index is 0.507.